The summed E-state index contributed by atoms with van der Waals surface area (Å²) in [5.41, 5.74) is 1.90. The summed E-state index contributed by atoms with van der Waals surface area (Å²) >= 11 is 1.07. The van der Waals surface area contributed by atoms with Gasteiger partial charge in [0, 0.05) is 42.8 Å². The van der Waals surface area contributed by atoms with Crippen LogP contribution in [0.25, 0.3) is 0 Å². The number of carboxylic acid groups (broad SMARTS) is 1. The number of methoxy groups -OCH3 is 1. The standard InChI is InChI=1S/C44H60N4O7S/c1-8-29(4)35(24-39(49)37-16-12-13-21-47(37)6)43(52)48(26-32-14-10-9-11-15-32)38(28(2)3)25-40(50)42-46-36(27-56-42)41(51)45-33(22-30(5)44(53)54)23-31-17-19-34(55-7)20-18-31/h9-11,14-15,17-20,27-30,33,35,37-38H,8,12-13,16,21-26H2,1-7H3,(H,45,51)(H,53,54)/t29?,30-,33+,35?,37?,38+/m0/s1. The van der Waals surface area contributed by atoms with Crippen LogP contribution in [-0.4, -0.2) is 88.1 Å². The van der Waals surface area contributed by atoms with Gasteiger partial charge in [0.1, 0.15) is 11.4 Å². The van der Waals surface area contributed by atoms with E-state index in [1.165, 1.54) is 5.38 Å². The molecule has 304 valence electrons. The molecule has 56 heavy (non-hydrogen) atoms. The van der Waals surface area contributed by atoms with Crippen molar-refractivity contribution in [1.29, 1.82) is 0 Å². The molecule has 11 nitrogen and oxygen atoms in total. The molecule has 4 rings (SSSR count). The van der Waals surface area contributed by atoms with Crippen molar-refractivity contribution < 1.29 is 33.8 Å². The summed E-state index contributed by atoms with van der Waals surface area (Å²) in [7, 11) is 3.56. The zero-order valence-electron chi connectivity index (χ0n) is 34.0. The molecule has 2 aromatic carbocycles. The number of aliphatic carboxylic acids is 1. The molecule has 1 saturated heterocycles. The summed E-state index contributed by atoms with van der Waals surface area (Å²) < 4.78 is 5.25. The second kappa shape index (κ2) is 21.2. The highest BCUT2D eigenvalue weighted by atomic mass is 32.1. The number of Topliss-reactive ketones (excluding diaryl/α,β-unsaturated/α-hetero) is 2. The number of thiazole rings is 1. The predicted octanol–water partition coefficient (Wildman–Crippen LogP) is 7.34. The number of aromatic nitrogens is 1. The van der Waals surface area contributed by atoms with Crippen LogP contribution < -0.4 is 10.1 Å². The van der Waals surface area contributed by atoms with Crippen molar-refractivity contribution in [2.75, 3.05) is 20.7 Å². The Balaban J connectivity index is 1.56. The van der Waals surface area contributed by atoms with Crippen LogP contribution in [-0.2, 0) is 27.3 Å². The van der Waals surface area contributed by atoms with Gasteiger partial charge >= 0.3 is 5.97 Å². The fourth-order valence-electron chi connectivity index (χ4n) is 7.52. The predicted molar refractivity (Wildman–Crippen MR) is 219 cm³/mol. The van der Waals surface area contributed by atoms with E-state index in [9.17, 15) is 29.1 Å². The molecule has 0 spiro atoms. The second-order valence-corrected chi connectivity index (χ2v) is 16.6. The van der Waals surface area contributed by atoms with Gasteiger partial charge in [0.2, 0.25) is 5.91 Å². The van der Waals surface area contributed by atoms with E-state index in [-0.39, 0.29) is 71.9 Å². The van der Waals surface area contributed by atoms with E-state index < -0.39 is 35.8 Å². The molecule has 1 fully saturated rings. The van der Waals surface area contributed by atoms with E-state index >= 15 is 0 Å². The van der Waals surface area contributed by atoms with Gasteiger partial charge in [-0.25, -0.2) is 4.98 Å². The Kier molecular flexibility index (Phi) is 16.8. The number of amides is 2. The number of piperidine rings is 1. The highest BCUT2D eigenvalue weighted by Gasteiger charge is 2.38. The van der Waals surface area contributed by atoms with E-state index in [0.717, 1.165) is 54.7 Å². The van der Waals surface area contributed by atoms with E-state index in [0.29, 0.717) is 12.2 Å². The summed E-state index contributed by atoms with van der Waals surface area (Å²) in [4.78, 5) is 76.3. The average molecular weight is 789 g/mol. The first-order chi connectivity index (χ1) is 26.7. The van der Waals surface area contributed by atoms with Crippen LogP contribution in [0.1, 0.15) is 111 Å². The zero-order chi connectivity index (χ0) is 40.9. The number of rotatable bonds is 21. The Bertz CT molecular complexity index is 1760. The third-order valence-electron chi connectivity index (χ3n) is 11.3. The number of ether oxygens (including phenoxy) is 1. The molecule has 2 N–H and O–H groups in total. The molecule has 1 aliphatic rings. The molecular weight excluding hydrogens is 729 g/mol. The summed E-state index contributed by atoms with van der Waals surface area (Å²) in [6, 6.07) is 15.9. The molecule has 0 saturated carbocycles. The minimum atomic E-state index is -0.959. The average Bonchev–Trinajstić information content (AvgIpc) is 3.69. The van der Waals surface area contributed by atoms with Crippen molar-refractivity contribution in [3.05, 3.63) is 81.8 Å². The highest BCUT2D eigenvalue weighted by molar-refractivity contribution is 7.12. The molecule has 2 heterocycles. The van der Waals surface area contributed by atoms with E-state index in [4.69, 9.17) is 4.74 Å². The summed E-state index contributed by atoms with van der Waals surface area (Å²) in [5.74, 6) is -2.47. The molecule has 0 aliphatic carbocycles. The maximum Gasteiger partial charge on any atom is 0.306 e. The fourth-order valence-corrected chi connectivity index (χ4v) is 8.27. The van der Waals surface area contributed by atoms with Crippen molar-refractivity contribution in [2.45, 2.75) is 111 Å². The number of likely N-dealkylation sites (N-methyl/N-ethyl adjacent to an activating group) is 1. The number of hydrogen-bond acceptors (Lipinski definition) is 9. The van der Waals surface area contributed by atoms with Gasteiger partial charge in [-0.2, -0.15) is 0 Å². The monoisotopic (exact) mass is 788 g/mol. The molecule has 0 bridgehead atoms. The van der Waals surface area contributed by atoms with Gasteiger partial charge in [0.05, 0.1) is 19.1 Å². The smallest absolute Gasteiger partial charge is 0.306 e. The molecule has 3 unspecified atom stereocenters. The topological polar surface area (TPSA) is 146 Å². The molecule has 12 heteroatoms. The Morgan fingerprint density at radius 1 is 0.982 bits per heavy atom. The van der Waals surface area contributed by atoms with E-state index in [1.54, 1.807) is 18.9 Å². The van der Waals surface area contributed by atoms with Gasteiger partial charge in [-0.3, -0.25) is 28.9 Å². The maximum atomic E-state index is 14.8. The number of ketones is 2. The Morgan fingerprint density at radius 2 is 1.68 bits per heavy atom. The lowest BCUT2D eigenvalue weighted by Crippen LogP contribution is -2.49. The normalized spacial score (nSPS) is 17.3. The number of hydrogen-bond donors (Lipinski definition) is 2. The summed E-state index contributed by atoms with van der Waals surface area (Å²) in [5, 5.41) is 14.3. The van der Waals surface area contributed by atoms with Gasteiger partial charge in [-0.05, 0) is 74.4 Å². The van der Waals surface area contributed by atoms with Crippen LogP contribution in [0.4, 0.5) is 0 Å². The van der Waals surface area contributed by atoms with Crippen molar-refractivity contribution >= 4 is 40.7 Å². The van der Waals surface area contributed by atoms with Crippen molar-refractivity contribution in [2.24, 2.45) is 23.7 Å². The number of carboxylic acids is 1. The lowest BCUT2D eigenvalue weighted by atomic mass is 9.82. The van der Waals surface area contributed by atoms with Gasteiger partial charge in [-0.1, -0.05) is 89.9 Å². The highest BCUT2D eigenvalue weighted by Crippen LogP contribution is 2.30. The van der Waals surface area contributed by atoms with E-state index in [1.807, 2.05) is 89.3 Å². The van der Waals surface area contributed by atoms with Crippen LogP contribution in [0.3, 0.4) is 0 Å². The lowest BCUT2D eigenvalue weighted by Gasteiger charge is -2.39. The van der Waals surface area contributed by atoms with Crippen LogP contribution in [0, 0.1) is 23.7 Å². The number of nitrogens with zero attached hydrogens (tertiary/aromatic N) is 3. The van der Waals surface area contributed by atoms with Crippen LogP contribution in [0.2, 0.25) is 0 Å². The first-order valence-electron chi connectivity index (χ1n) is 19.9. The summed E-state index contributed by atoms with van der Waals surface area (Å²) in [6.45, 7) is 10.8. The maximum absolute atomic E-state index is 14.8. The second-order valence-electron chi connectivity index (χ2n) is 15.8. The van der Waals surface area contributed by atoms with Crippen LogP contribution >= 0.6 is 11.3 Å². The number of benzene rings is 2. The molecule has 2 amide bonds. The summed E-state index contributed by atoms with van der Waals surface area (Å²) in [6.07, 6.45) is 4.33. The van der Waals surface area contributed by atoms with Gasteiger partial charge < -0.3 is 20.1 Å². The molecule has 0 radical (unpaired) electrons. The SMILES string of the molecule is CCC(C)C(CC(=O)C1CCCCN1C)C(=O)N(Cc1ccccc1)[C@H](CC(=O)c1nc(C(=O)N[C@@H](Cc2ccc(OC)cc2)C[C@H](C)C(=O)O)cs1)C(C)C. The number of nitrogens with one attached hydrogen (secondary N) is 1. The first-order valence-corrected chi connectivity index (χ1v) is 20.8. The van der Waals surface area contributed by atoms with Crippen molar-refractivity contribution in [1.82, 2.24) is 20.1 Å². The lowest BCUT2D eigenvalue weighted by molar-refractivity contribution is -0.144. The van der Waals surface area contributed by atoms with Crippen LogP contribution in [0.5, 0.6) is 5.75 Å². The number of carbonyl (C=O) groups is 5. The third kappa shape index (κ3) is 12.3. The molecule has 1 aliphatic heterocycles. The van der Waals surface area contributed by atoms with Crippen molar-refractivity contribution in [3.63, 3.8) is 0 Å². The Labute approximate surface area is 336 Å². The Morgan fingerprint density at radius 3 is 2.29 bits per heavy atom. The molecular formula is C44H60N4O7S. The van der Waals surface area contributed by atoms with Crippen LogP contribution in [0.15, 0.2) is 60.0 Å². The first kappa shape index (κ1) is 44.3. The quantitative estimate of drug-likeness (QED) is 0.106. The molecule has 3 aromatic rings. The molecule has 1 aromatic heterocycles. The Hall–Kier alpha value is -4.42. The minimum absolute atomic E-state index is 0.00638. The largest absolute Gasteiger partial charge is 0.497 e. The van der Waals surface area contributed by atoms with E-state index in [2.05, 4.69) is 15.2 Å². The zero-order valence-corrected chi connectivity index (χ0v) is 34.8. The van der Waals surface area contributed by atoms with Gasteiger partial charge in [0.15, 0.2) is 16.6 Å². The fraction of sp³-hybridized carbons (Fsp3) is 0.545. The van der Waals surface area contributed by atoms with Gasteiger partial charge in [0.25, 0.3) is 5.91 Å². The number of likely N-dealkylation sites (tertiary alicyclic amines) is 1. The number of carbonyl (C=O) groups excluding carboxylic acids is 4. The minimum Gasteiger partial charge on any atom is -0.497 e. The molecule has 6 atom stereocenters. The third-order valence-corrected chi connectivity index (χ3v) is 12.1. The van der Waals surface area contributed by atoms with Crippen molar-refractivity contribution in [3.8, 4) is 5.75 Å². The van der Waals surface area contributed by atoms with Gasteiger partial charge in [-0.15, -0.1) is 11.3 Å².